The van der Waals surface area contributed by atoms with Gasteiger partial charge < -0.3 is 5.32 Å². The Bertz CT molecular complexity index is 537. The summed E-state index contributed by atoms with van der Waals surface area (Å²) in [6.07, 6.45) is 1.79. The lowest BCUT2D eigenvalue weighted by Gasteiger charge is -2.10. The van der Waals surface area contributed by atoms with Gasteiger partial charge >= 0.3 is 0 Å². The first kappa shape index (κ1) is 12.5. The quantitative estimate of drug-likeness (QED) is 0.935. The van der Waals surface area contributed by atoms with Crippen molar-refractivity contribution in [2.75, 3.05) is 5.32 Å². The van der Waals surface area contributed by atoms with Crippen LogP contribution in [0.4, 0.5) is 5.69 Å². The number of nitrogens with one attached hydrogen (secondary N) is 1. The third kappa shape index (κ3) is 2.82. The molecule has 0 radical (unpaired) electrons. The number of anilines is 1. The number of rotatable bonds is 3. The highest BCUT2D eigenvalue weighted by atomic mass is 79.9. The second-order valence-corrected chi connectivity index (χ2v) is 5.14. The van der Waals surface area contributed by atoms with E-state index in [4.69, 9.17) is 11.6 Å². The van der Waals surface area contributed by atoms with Gasteiger partial charge in [-0.25, -0.2) is 0 Å². The van der Waals surface area contributed by atoms with Crippen LogP contribution in [0.25, 0.3) is 0 Å². The summed E-state index contributed by atoms with van der Waals surface area (Å²) < 4.78 is 2.86. The van der Waals surface area contributed by atoms with E-state index in [1.165, 1.54) is 0 Å². The maximum Gasteiger partial charge on any atom is 0.0571 e. The minimum Gasteiger partial charge on any atom is -0.378 e. The van der Waals surface area contributed by atoms with Gasteiger partial charge in [-0.2, -0.15) is 5.10 Å². The Morgan fingerprint density at radius 3 is 2.88 bits per heavy atom. The molecule has 0 saturated carbocycles. The van der Waals surface area contributed by atoms with Gasteiger partial charge in [0.05, 0.1) is 17.9 Å². The van der Waals surface area contributed by atoms with Gasteiger partial charge in [0, 0.05) is 22.7 Å². The normalized spacial score (nSPS) is 10.6. The molecule has 3 nitrogen and oxygen atoms in total. The molecule has 2 aromatic rings. The predicted octanol–water partition coefficient (Wildman–Crippen LogP) is 3.76. The Balaban J connectivity index is 2.14. The molecule has 90 valence electrons. The number of hydrogen-bond acceptors (Lipinski definition) is 2. The second-order valence-electron chi connectivity index (χ2n) is 3.88. The van der Waals surface area contributed by atoms with E-state index in [-0.39, 0.29) is 0 Å². The molecule has 5 heteroatoms. The van der Waals surface area contributed by atoms with Gasteiger partial charge in [-0.3, -0.25) is 4.68 Å². The van der Waals surface area contributed by atoms with Crippen LogP contribution in [0.1, 0.15) is 11.3 Å². The van der Waals surface area contributed by atoms with E-state index in [1.54, 1.807) is 6.20 Å². The van der Waals surface area contributed by atoms with E-state index in [1.807, 2.05) is 36.9 Å². The fraction of sp³-hybridized carbons (Fsp3) is 0.250. The van der Waals surface area contributed by atoms with Gasteiger partial charge in [-0.05, 0) is 46.6 Å². The van der Waals surface area contributed by atoms with Crippen LogP contribution < -0.4 is 5.32 Å². The largest absolute Gasteiger partial charge is 0.378 e. The third-order valence-corrected chi connectivity index (χ3v) is 3.69. The van der Waals surface area contributed by atoms with Gasteiger partial charge in [0.15, 0.2) is 0 Å². The standard InChI is InChI=1S/C12H13BrClN3/c1-8-5-10(13)12(6-11(8)14)15-7-9-3-4-16-17(9)2/h3-6,15H,7H2,1-2H3. The Labute approximate surface area is 114 Å². The van der Waals surface area contributed by atoms with Crippen molar-refractivity contribution in [3.05, 3.63) is 45.1 Å². The van der Waals surface area contributed by atoms with Crippen molar-refractivity contribution in [2.45, 2.75) is 13.5 Å². The number of aromatic nitrogens is 2. The molecule has 1 aromatic heterocycles. The third-order valence-electron chi connectivity index (χ3n) is 2.63. The molecule has 0 atom stereocenters. The molecule has 0 unspecified atom stereocenters. The Morgan fingerprint density at radius 1 is 1.47 bits per heavy atom. The van der Waals surface area contributed by atoms with Gasteiger partial charge in [-0.15, -0.1) is 0 Å². The minimum atomic E-state index is 0.717. The first-order valence-electron chi connectivity index (χ1n) is 5.24. The van der Waals surface area contributed by atoms with Gasteiger partial charge in [0.2, 0.25) is 0 Å². The summed E-state index contributed by atoms with van der Waals surface area (Å²) in [5.74, 6) is 0. The van der Waals surface area contributed by atoms with Crippen molar-refractivity contribution in [3.63, 3.8) is 0 Å². The van der Waals surface area contributed by atoms with Gasteiger partial charge in [0.25, 0.3) is 0 Å². The maximum atomic E-state index is 6.10. The number of benzene rings is 1. The van der Waals surface area contributed by atoms with E-state index in [0.29, 0.717) is 6.54 Å². The zero-order valence-electron chi connectivity index (χ0n) is 9.67. The molecule has 17 heavy (non-hydrogen) atoms. The molecule has 0 saturated heterocycles. The highest BCUT2D eigenvalue weighted by Crippen LogP contribution is 2.29. The molecule has 0 bridgehead atoms. The zero-order valence-corrected chi connectivity index (χ0v) is 12.0. The first-order chi connectivity index (χ1) is 8.08. The van der Waals surface area contributed by atoms with Gasteiger partial charge in [-0.1, -0.05) is 11.6 Å². The van der Waals surface area contributed by atoms with Crippen LogP contribution >= 0.6 is 27.5 Å². The highest BCUT2D eigenvalue weighted by Gasteiger charge is 2.05. The smallest absolute Gasteiger partial charge is 0.0571 e. The van der Waals surface area contributed by atoms with Crippen molar-refractivity contribution < 1.29 is 0 Å². The molecule has 0 aliphatic carbocycles. The predicted molar refractivity (Wildman–Crippen MR) is 74.4 cm³/mol. The van der Waals surface area contributed by atoms with Crippen LogP contribution in [0.2, 0.25) is 5.02 Å². The number of aryl methyl sites for hydroxylation is 2. The van der Waals surface area contributed by atoms with Gasteiger partial charge in [0.1, 0.15) is 0 Å². The molecule has 0 aliphatic rings. The van der Waals surface area contributed by atoms with Crippen molar-refractivity contribution in [3.8, 4) is 0 Å². The lowest BCUT2D eigenvalue weighted by molar-refractivity contribution is 0.720. The first-order valence-corrected chi connectivity index (χ1v) is 6.41. The van der Waals surface area contributed by atoms with Crippen molar-refractivity contribution in [1.29, 1.82) is 0 Å². The molecule has 0 spiro atoms. The Morgan fingerprint density at radius 2 is 2.24 bits per heavy atom. The maximum absolute atomic E-state index is 6.10. The summed E-state index contributed by atoms with van der Waals surface area (Å²) in [6.45, 7) is 2.70. The van der Waals surface area contributed by atoms with Crippen LogP contribution in [-0.4, -0.2) is 9.78 Å². The van der Waals surface area contributed by atoms with Crippen LogP contribution in [-0.2, 0) is 13.6 Å². The average Bonchev–Trinajstić information content (AvgIpc) is 2.68. The summed E-state index contributed by atoms with van der Waals surface area (Å²) in [4.78, 5) is 0. The summed E-state index contributed by atoms with van der Waals surface area (Å²) in [5.41, 5.74) is 3.17. The highest BCUT2D eigenvalue weighted by molar-refractivity contribution is 9.10. The summed E-state index contributed by atoms with van der Waals surface area (Å²) in [6, 6.07) is 5.92. The molecular weight excluding hydrogens is 302 g/mol. The molecule has 0 amide bonds. The Kier molecular flexibility index (Phi) is 3.74. The van der Waals surface area contributed by atoms with Crippen molar-refractivity contribution >= 4 is 33.2 Å². The fourth-order valence-electron chi connectivity index (χ4n) is 1.54. The Hall–Kier alpha value is -1.00. The summed E-state index contributed by atoms with van der Waals surface area (Å²) in [7, 11) is 1.92. The monoisotopic (exact) mass is 313 g/mol. The van der Waals surface area contributed by atoms with E-state index in [2.05, 4.69) is 26.3 Å². The van der Waals surface area contributed by atoms with Crippen molar-refractivity contribution in [1.82, 2.24) is 9.78 Å². The fourth-order valence-corrected chi connectivity index (χ4v) is 2.30. The minimum absolute atomic E-state index is 0.717. The molecule has 0 aliphatic heterocycles. The molecule has 1 aromatic carbocycles. The number of hydrogen-bond donors (Lipinski definition) is 1. The lowest BCUT2D eigenvalue weighted by Crippen LogP contribution is -2.05. The van der Waals surface area contributed by atoms with Crippen LogP contribution in [0.3, 0.4) is 0 Å². The van der Waals surface area contributed by atoms with E-state index >= 15 is 0 Å². The molecule has 0 fully saturated rings. The summed E-state index contributed by atoms with van der Waals surface area (Å²) >= 11 is 9.62. The second kappa shape index (κ2) is 5.10. The van der Waals surface area contributed by atoms with E-state index < -0.39 is 0 Å². The molecule has 1 heterocycles. The SMILES string of the molecule is Cc1cc(Br)c(NCc2ccnn2C)cc1Cl. The number of halogens is 2. The van der Waals surface area contributed by atoms with Crippen LogP contribution in [0.5, 0.6) is 0 Å². The van der Waals surface area contributed by atoms with Crippen LogP contribution in [0, 0.1) is 6.92 Å². The molecule has 1 N–H and O–H groups in total. The van der Waals surface area contributed by atoms with Crippen LogP contribution in [0.15, 0.2) is 28.9 Å². The number of nitrogens with zero attached hydrogens (tertiary/aromatic N) is 2. The molecule has 2 rings (SSSR count). The molecular formula is C12H13BrClN3. The lowest BCUT2D eigenvalue weighted by atomic mass is 10.2. The van der Waals surface area contributed by atoms with Crippen molar-refractivity contribution in [2.24, 2.45) is 7.05 Å². The summed E-state index contributed by atoms with van der Waals surface area (Å²) in [5, 5.41) is 8.22. The average molecular weight is 315 g/mol. The van der Waals surface area contributed by atoms with E-state index in [9.17, 15) is 0 Å². The van der Waals surface area contributed by atoms with E-state index in [0.717, 1.165) is 26.4 Å². The zero-order chi connectivity index (χ0) is 12.4. The topological polar surface area (TPSA) is 29.9 Å².